The van der Waals surface area contributed by atoms with Crippen molar-refractivity contribution in [3.63, 3.8) is 0 Å². The lowest BCUT2D eigenvalue weighted by atomic mass is 9.93. The molecule has 1 aliphatic heterocycles. The molecule has 0 aromatic carbocycles. The van der Waals surface area contributed by atoms with E-state index in [1.54, 1.807) is 26.1 Å². The third-order valence-electron chi connectivity index (χ3n) is 3.85. The van der Waals surface area contributed by atoms with E-state index < -0.39 is 30.5 Å². The van der Waals surface area contributed by atoms with Gasteiger partial charge in [-0.05, 0) is 19.1 Å². The van der Waals surface area contributed by atoms with Crippen LogP contribution >= 0.6 is 0 Å². The molecule has 0 spiro atoms. The molecule has 2 rings (SSSR count). The first-order valence-corrected chi connectivity index (χ1v) is 6.47. The molecule has 0 saturated carbocycles. The Kier molecular flexibility index (Phi) is 4.15. The maximum absolute atomic E-state index is 10.3. The number of hydrogen-bond acceptors (Lipinski definition) is 6. The van der Waals surface area contributed by atoms with Crippen molar-refractivity contribution in [3.8, 4) is 0 Å². The standard InChI is InChI=1S/C13H20N4O4/c1-13(11(20)10(19)8(6-18)21-13)9-5-4-7(12(14)15-2)17(9)16-3/h4-5,8,10-11,18-20H,3,6H2,1-2H3,(H2,14,15)/t8-,10-,11-,13+/m1/s1. The Labute approximate surface area is 122 Å². The number of nitrogens with zero attached hydrogens (tertiary/aromatic N) is 3. The lowest BCUT2D eigenvalue weighted by Crippen LogP contribution is -2.40. The van der Waals surface area contributed by atoms with Crippen LogP contribution in [0.5, 0.6) is 0 Å². The molecule has 0 amide bonds. The van der Waals surface area contributed by atoms with E-state index in [1.807, 2.05) is 0 Å². The molecule has 2 heterocycles. The first kappa shape index (κ1) is 15.6. The molecular weight excluding hydrogens is 276 g/mol. The van der Waals surface area contributed by atoms with Crippen molar-refractivity contribution in [2.24, 2.45) is 15.8 Å². The van der Waals surface area contributed by atoms with E-state index in [9.17, 15) is 15.3 Å². The van der Waals surface area contributed by atoms with E-state index in [0.29, 0.717) is 11.4 Å². The average Bonchev–Trinajstić information content (AvgIpc) is 3.02. The molecule has 1 aromatic rings. The summed E-state index contributed by atoms with van der Waals surface area (Å²) in [5.41, 5.74) is 5.50. The van der Waals surface area contributed by atoms with Gasteiger partial charge in [-0.3, -0.25) is 4.99 Å². The number of hydrogen-bond donors (Lipinski definition) is 4. The first-order valence-electron chi connectivity index (χ1n) is 6.47. The van der Waals surface area contributed by atoms with Crippen LogP contribution in [0, 0.1) is 0 Å². The van der Waals surface area contributed by atoms with Gasteiger partial charge in [0.05, 0.1) is 12.3 Å². The summed E-state index contributed by atoms with van der Waals surface area (Å²) in [6.45, 7) is 4.69. The second-order valence-corrected chi connectivity index (χ2v) is 5.05. The van der Waals surface area contributed by atoms with Crippen molar-refractivity contribution in [2.45, 2.75) is 30.8 Å². The molecule has 4 atom stereocenters. The zero-order chi connectivity index (χ0) is 15.8. The number of aliphatic hydroxyl groups excluding tert-OH is 3. The van der Waals surface area contributed by atoms with Gasteiger partial charge in [0.25, 0.3) is 0 Å². The van der Waals surface area contributed by atoms with Crippen molar-refractivity contribution in [1.29, 1.82) is 0 Å². The highest BCUT2D eigenvalue weighted by Crippen LogP contribution is 2.40. The van der Waals surface area contributed by atoms with Crippen LogP contribution < -0.4 is 5.73 Å². The van der Waals surface area contributed by atoms with Crippen molar-refractivity contribution in [2.75, 3.05) is 13.7 Å². The summed E-state index contributed by atoms with van der Waals surface area (Å²) in [6, 6.07) is 3.34. The van der Waals surface area contributed by atoms with Crippen LogP contribution in [0.1, 0.15) is 18.3 Å². The molecule has 1 saturated heterocycles. The Bertz CT molecular complexity index is 571. The van der Waals surface area contributed by atoms with E-state index in [-0.39, 0.29) is 5.84 Å². The Morgan fingerprint density at radius 3 is 2.67 bits per heavy atom. The SMILES string of the molecule is C=Nn1c(C(N)=NC)ccc1[C@]1(C)O[C@H](CO)[C@@H](O)[C@H]1O. The van der Waals surface area contributed by atoms with Gasteiger partial charge in [0, 0.05) is 13.8 Å². The topological polar surface area (TPSA) is 126 Å². The van der Waals surface area contributed by atoms with Crippen molar-refractivity contribution >= 4 is 12.6 Å². The third-order valence-corrected chi connectivity index (χ3v) is 3.85. The molecule has 5 N–H and O–H groups in total. The molecule has 1 aromatic heterocycles. The monoisotopic (exact) mass is 296 g/mol. The van der Waals surface area contributed by atoms with Gasteiger partial charge in [0.15, 0.2) is 0 Å². The van der Waals surface area contributed by atoms with Crippen LogP contribution in [-0.4, -0.2) is 64.5 Å². The Balaban J connectivity index is 2.52. The highest BCUT2D eigenvalue weighted by atomic mass is 16.6. The molecule has 1 fully saturated rings. The van der Waals surface area contributed by atoms with Crippen LogP contribution in [-0.2, 0) is 10.3 Å². The molecular formula is C13H20N4O4. The molecule has 0 unspecified atom stereocenters. The van der Waals surface area contributed by atoms with Crippen molar-refractivity contribution in [3.05, 3.63) is 23.5 Å². The van der Waals surface area contributed by atoms with E-state index in [4.69, 9.17) is 10.5 Å². The molecule has 0 aliphatic carbocycles. The molecule has 1 aliphatic rings. The lowest BCUT2D eigenvalue weighted by molar-refractivity contribution is -0.0897. The van der Waals surface area contributed by atoms with Gasteiger partial charge in [0.1, 0.15) is 35.4 Å². The van der Waals surface area contributed by atoms with E-state index in [0.717, 1.165) is 0 Å². The second kappa shape index (κ2) is 5.57. The summed E-state index contributed by atoms with van der Waals surface area (Å²) in [5, 5.41) is 33.3. The quantitative estimate of drug-likeness (QED) is 0.402. The number of amidine groups is 1. The maximum Gasteiger partial charge on any atom is 0.144 e. The third kappa shape index (κ3) is 2.26. The fourth-order valence-electron chi connectivity index (χ4n) is 2.61. The second-order valence-electron chi connectivity index (χ2n) is 5.05. The molecule has 0 radical (unpaired) electrons. The fourth-order valence-corrected chi connectivity index (χ4v) is 2.61. The summed E-state index contributed by atoms with van der Waals surface area (Å²) in [5.74, 6) is 0.254. The van der Waals surface area contributed by atoms with Gasteiger partial charge >= 0.3 is 0 Å². The maximum atomic E-state index is 10.3. The first-order chi connectivity index (χ1) is 9.90. The summed E-state index contributed by atoms with van der Waals surface area (Å²) in [7, 11) is 1.55. The van der Waals surface area contributed by atoms with Crippen molar-refractivity contribution < 1.29 is 20.1 Å². The normalized spacial score (nSPS) is 33.4. The summed E-state index contributed by atoms with van der Waals surface area (Å²) in [4.78, 5) is 3.89. The number of ether oxygens (including phenoxy) is 1. The van der Waals surface area contributed by atoms with E-state index in [1.165, 1.54) is 4.68 Å². The highest BCUT2D eigenvalue weighted by molar-refractivity contribution is 5.96. The number of rotatable bonds is 4. The molecule has 21 heavy (non-hydrogen) atoms. The minimum atomic E-state index is -1.25. The molecule has 8 heteroatoms. The van der Waals surface area contributed by atoms with E-state index >= 15 is 0 Å². The molecule has 0 bridgehead atoms. The van der Waals surface area contributed by atoms with Crippen LogP contribution in [0.25, 0.3) is 0 Å². The number of nitrogens with two attached hydrogens (primary N) is 1. The highest BCUT2D eigenvalue weighted by Gasteiger charge is 2.53. The average molecular weight is 296 g/mol. The fraction of sp³-hybridized carbons (Fsp3) is 0.538. The Morgan fingerprint density at radius 1 is 1.52 bits per heavy atom. The Morgan fingerprint density at radius 2 is 2.19 bits per heavy atom. The smallest absolute Gasteiger partial charge is 0.144 e. The van der Waals surface area contributed by atoms with Crippen LogP contribution in [0.15, 0.2) is 22.2 Å². The summed E-state index contributed by atoms with van der Waals surface area (Å²) < 4.78 is 7.04. The zero-order valence-electron chi connectivity index (χ0n) is 12.0. The van der Waals surface area contributed by atoms with Gasteiger partial charge in [-0.2, -0.15) is 5.10 Å². The zero-order valence-corrected chi connectivity index (χ0v) is 12.0. The van der Waals surface area contributed by atoms with Crippen molar-refractivity contribution in [1.82, 2.24) is 4.68 Å². The van der Waals surface area contributed by atoms with Gasteiger partial charge in [0.2, 0.25) is 0 Å². The van der Waals surface area contributed by atoms with Crippen LogP contribution in [0.3, 0.4) is 0 Å². The van der Waals surface area contributed by atoms with Gasteiger partial charge < -0.3 is 25.8 Å². The van der Waals surface area contributed by atoms with Gasteiger partial charge in [-0.1, -0.05) is 0 Å². The van der Waals surface area contributed by atoms with Crippen LogP contribution in [0.2, 0.25) is 0 Å². The predicted molar refractivity (Wildman–Crippen MR) is 77.4 cm³/mol. The van der Waals surface area contributed by atoms with Gasteiger partial charge in [-0.25, -0.2) is 4.68 Å². The van der Waals surface area contributed by atoms with Gasteiger partial charge in [-0.15, -0.1) is 0 Å². The largest absolute Gasteiger partial charge is 0.394 e. The predicted octanol–water partition coefficient (Wildman–Crippen LogP) is -1.38. The lowest BCUT2D eigenvalue weighted by Gasteiger charge is -2.28. The molecule has 116 valence electrons. The Hall–Kier alpha value is -1.74. The number of aromatic nitrogens is 1. The minimum absolute atomic E-state index is 0.254. The minimum Gasteiger partial charge on any atom is -0.394 e. The van der Waals surface area contributed by atoms with Crippen LogP contribution in [0.4, 0.5) is 0 Å². The molecule has 8 nitrogen and oxygen atoms in total. The number of aliphatic imine (C=N–C) groups is 1. The summed E-state index contributed by atoms with van der Waals surface area (Å²) >= 11 is 0. The summed E-state index contributed by atoms with van der Waals surface area (Å²) in [6.07, 6.45) is -3.30. The number of aliphatic hydroxyl groups is 3. The van der Waals surface area contributed by atoms with E-state index in [2.05, 4.69) is 16.8 Å².